The Morgan fingerprint density at radius 1 is 1.09 bits per heavy atom. The molecule has 0 bridgehead atoms. The summed E-state index contributed by atoms with van der Waals surface area (Å²) >= 11 is 5.80. The zero-order chi connectivity index (χ0) is 23.7. The quantitative estimate of drug-likeness (QED) is 0.609. The lowest BCUT2D eigenvalue weighted by molar-refractivity contribution is 0.0932. The van der Waals surface area contributed by atoms with Gasteiger partial charge >= 0.3 is 11.7 Å². The van der Waals surface area contributed by atoms with E-state index in [2.05, 4.69) is 10.6 Å². The maximum absolute atomic E-state index is 13.4. The number of carbonyl (C=O) groups excluding carboxylic acids is 2. The van der Waals surface area contributed by atoms with Gasteiger partial charge in [-0.1, -0.05) is 29.8 Å². The summed E-state index contributed by atoms with van der Waals surface area (Å²) in [6.45, 7) is 4.21. The third-order valence-electron chi connectivity index (χ3n) is 5.29. The molecule has 33 heavy (non-hydrogen) atoms. The summed E-state index contributed by atoms with van der Waals surface area (Å²) in [4.78, 5) is 40.7. The number of aromatic nitrogens is 2. The molecule has 1 aromatic heterocycles. The van der Waals surface area contributed by atoms with Gasteiger partial charge in [0.2, 0.25) is 0 Å². The van der Waals surface area contributed by atoms with Crippen molar-refractivity contribution in [3.8, 4) is 5.69 Å². The number of anilines is 1. The van der Waals surface area contributed by atoms with Crippen LogP contribution in [0, 0.1) is 5.82 Å². The summed E-state index contributed by atoms with van der Waals surface area (Å²) in [6, 6.07) is 12.2. The summed E-state index contributed by atoms with van der Waals surface area (Å²) in [7, 11) is 0. The maximum atomic E-state index is 13.4. The highest BCUT2D eigenvalue weighted by Gasteiger charge is 2.32. The highest BCUT2D eigenvalue weighted by atomic mass is 35.5. The number of halogens is 2. The number of benzene rings is 2. The zero-order valence-corrected chi connectivity index (χ0v) is 18.9. The van der Waals surface area contributed by atoms with Crippen molar-refractivity contribution in [2.45, 2.75) is 33.0 Å². The van der Waals surface area contributed by atoms with Gasteiger partial charge in [0, 0.05) is 24.8 Å². The Morgan fingerprint density at radius 3 is 2.48 bits per heavy atom. The molecule has 8 nitrogen and oxygen atoms in total. The number of nitrogens with one attached hydrogen (secondary N) is 2. The average molecular weight is 472 g/mol. The number of hydrogen-bond acceptors (Lipinski definition) is 3. The fraction of sp³-hybridized carbons (Fsp3) is 0.261. The van der Waals surface area contributed by atoms with Gasteiger partial charge in [0.05, 0.1) is 22.9 Å². The molecule has 0 unspecified atom stereocenters. The Hall–Kier alpha value is -3.59. The van der Waals surface area contributed by atoms with Crippen molar-refractivity contribution in [1.82, 2.24) is 19.4 Å². The minimum Gasteiger partial charge on any atom is -0.349 e. The van der Waals surface area contributed by atoms with E-state index in [-0.39, 0.29) is 42.1 Å². The molecule has 0 saturated carbocycles. The second-order valence-corrected chi connectivity index (χ2v) is 8.42. The molecule has 0 saturated heterocycles. The van der Waals surface area contributed by atoms with Gasteiger partial charge in [0.15, 0.2) is 0 Å². The molecule has 3 amide bonds. The molecule has 10 heteroatoms. The fourth-order valence-electron chi connectivity index (χ4n) is 3.79. The van der Waals surface area contributed by atoms with Crippen LogP contribution < -0.4 is 16.3 Å². The highest BCUT2D eigenvalue weighted by molar-refractivity contribution is 6.31. The molecule has 0 atom stereocenters. The maximum Gasteiger partial charge on any atom is 0.333 e. The number of rotatable bonds is 4. The SMILES string of the molecule is CC(C)NC(=O)c1c2n(c(=O)n1-c1ccccc1)CCN(C(=O)Nc1ccc(F)c(Cl)c1)C2. The number of hydrogen-bond donors (Lipinski definition) is 2. The van der Waals surface area contributed by atoms with Crippen LogP contribution in [-0.2, 0) is 13.1 Å². The van der Waals surface area contributed by atoms with Gasteiger partial charge < -0.3 is 15.5 Å². The number of amides is 3. The number of nitrogens with zero attached hydrogens (tertiary/aromatic N) is 3. The van der Waals surface area contributed by atoms with E-state index in [0.29, 0.717) is 17.1 Å². The smallest absolute Gasteiger partial charge is 0.333 e. The predicted octanol–water partition coefficient (Wildman–Crippen LogP) is 3.62. The Morgan fingerprint density at radius 2 is 1.82 bits per heavy atom. The van der Waals surface area contributed by atoms with Gasteiger partial charge in [-0.05, 0) is 44.2 Å². The standard InChI is InChI=1S/C23H23ClFN5O3/c1-14(2)26-21(31)20-19-13-28(22(32)27-15-8-9-18(25)17(24)12-15)10-11-29(19)23(33)30(20)16-6-4-3-5-7-16/h3-9,12,14H,10-11,13H2,1-2H3,(H,26,31)(H,27,32). The van der Waals surface area contributed by atoms with Crippen LogP contribution >= 0.6 is 11.6 Å². The second-order valence-electron chi connectivity index (χ2n) is 8.01. The molecule has 2 aromatic carbocycles. The number of carbonyl (C=O) groups is 2. The fourth-order valence-corrected chi connectivity index (χ4v) is 3.97. The summed E-state index contributed by atoms with van der Waals surface area (Å²) < 4.78 is 16.3. The minimum atomic E-state index is -0.584. The topological polar surface area (TPSA) is 88.4 Å². The van der Waals surface area contributed by atoms with E-state index in [4.69, 9.17) is 11.6 Å². The van der Waals surface area contributed by atoms with Crippen molar-refractivity contribution in [3.63, 3.8) is 0 Å². The van der Waals surface area contributed by atoms with Gasteiger partial charge in [0.25, 0.3) is 5.91 Å². The van der Waals surface area contributed by atoms with Gasteiger partial charge in [-0.3, -0.25) is 13.9 Å². The third-order valence-corrected chi connectivity index (χ3v) is 5.58. The summed E-state index contributed by atoms with van der Waals surface area (Å²) in [5.41, 5.74) is 1.21. The van der Waals surface area contributed by atoms with Crippen LogP contribution in [0.25, 0.3) is 5.69 Å². The van der Waals surface area contributed by atoms with Crippen molar-refractivity contribution < 1.29 is 14.0 Å². The average Bonchev–Trinajstić information content (AvgIpc) is 3.08. The van der Waals surface area contributed by atoms with E-state index in [9.17, 15) is 18.8 Å². The first kappa shape index (κ1) is 22.6. The Balaban J connectivity index is 1.69. The lowest BCUT2D eigenvalue weighted by atomic mass is 10.2. The van der Waals surface area contributed by atoms with Crippen LogP contribution in [-0.4, -0.2) is 38.6 Å². The molecule has 0 spiro atoms. The normalized spacial score (nSPS) is 13.1. The molecular weight excluding hydrogens is 449 g/mol. The van der Waals surface area contributed by atoms with E-state index in [1.54, 1.807) is 24.3 Å². The van der Waals surface area contributed by atoms with E-state index in [1.807, 2.05) is 19.9 Å². The molecule has 4 rings (SSSR count). The summed E-state index contributed by atoms with van der Waals surface area (Å²) in [5, 5.41) is 5.43. The van der Waals surface area contributed by atoms with Gasteiger partial charge in [-0.15, -0.1) is 0 Å². The largest absolute Gasteiger partial charge is 0.349 e. The Bertz CT molecular complexity index is 1270. The monoisotopic (exact) mass is 471 g/mol. The molecule has 2 N–H and O–H groups in total. The Kier molecular flexibility index (Phi) is 6.24. The number of imidazole rings is 1. The molecule has 1 aliphatic rings. The molecule has 3 aromatic rings. The number of para-hydroxylation sites is 1. The minimum absolute atomic E-state index is 0.0523. The molecule has 0 aliphatic carbocycles. The molecule has 1 aliphatic heterocycles. The van der Waals surface area contributed by atoms with Crippen LogP contribution in [0.5, 0.6) is 0 Å². The van der Waals surface area contributed by atoms with Crippen LogP contribution in [0.1, 0.15) is 30.0 Å². The predicted molar refractivity (Wildman–Crippen MR) is 123 cm³/mol. The van der Waals surface area contributed by atoms with Gasteiger partial charge in [-0.25, -0.2) is 14.0 Å². The van der Waals surface area contributed by atoms with Crippen molar-refractivity contribution >= 4 is 29.2 Å². The van der Waals surface area contributed by atoms with E-state index in [1.165, 1.54) is 32.2 Å². The molecule has 0 radical (unpaired) electrons. The lowest BCUT2D eigenvalue weighted by Crippen LogP contribution is -2.43. The van der Waals surface area contributed by atoms with E-state index >= 15 is 0 Å². The van der Waals surface area contributed by atoms with Crippen molar-refractivity contribution in [3.05, 3.63) is 81.2 Å². The van der Waals surface area contributed by atoms with Crippen LogP contribution in [0.3, 0.4) is 0 Å². The zero-order valence-electron chi connectivity index (χ0n) is 18.1. The molecule has 172 valence electrons. The van der Waals surface area contributed by atoms with Crippen LogP contribution in [0.15, 0.2) is 53.3 Å². The Labute approximate surface area is 194 Å². The molecule has 2 heterocycles. The molecule has 0 fully saturated rings. The second kappa shape index (κ2) is 9.11. The first-order valence-corrected chi connectivity index (χ1v) is 10.9. The molecular formula is C23H23ClFN5O3. The highest BCUT2D eigenvalue weighted by Crippen LogP contribution is 2.22. The van der Waals surface area contributed by atoms with Crippen molar-refractivity contribution in [1.29, 1.82) is 0 Å². The summed E-state index contributed by atoms with van der Waals surface area (Å²) in [5.74, 6) is -0.980. The first-order valence-electron chi connectivity index (χ1n) is 10.5. The number of urea groups is 1. The van der Waals surface area contributed by atoms with E-state index in [0.717, 1.165) is 0 Å². The van der Waals surface area contributed by atoms with Gasteiger partial charge in [0.1, 0.15) is 11.5 Å². The van der Waals surface area contributed by atoms with Gasteiger partial charge in [-0.2, -0.15) is 0 Å². The van der Waals surface area contributed by atoms with Crippen LogP contribution in [0.2, 0.25) is 5.02 Å². The van der Waals surface area contributed by atoms with Crippen molar-refractivity contribution in [2.75, 3.05) is 11.9 Å². The first-order chi connectivity index (χ1) is 15.8. The van der Waals surface area contributed by atoms with E-state index < -0.39 is 17.8 Å². The summed E-state index contributed by atoms with van der Waals surface area (Å²) in [6.07, 6.45) is 0. The van der Waals surface area contributed by atoms with Crippen LogP contribution in [0.4, 0.5) is 14.9 Å². The lowest BCUT2D eigenvalue weighted by Gasteiger charge is -2.28. The number of fused-ring (bicyclic) bond motifs is 1. The third kappa shape index (κ3) is 4.49. The van der Waals surface area contributed by atoms with Crippen molar-refractivity contribution in [2.24, 2.45) is 0 Å².